The number of carbonyl (C=O) groups is 1. The second kappa shape index (κ2) is 9.53. The highest BCUT2D eigenvalue weighted by Gasteiger charge is 2.10. The molecule has 0 aliphatic carbocycles. The van der Waals surface area contributed by atoms with Gasteiger partial charge in [0.2, 0.25) is 11.0 Å². The number of rotatable bonds is 8. The smallest absolute Gasteiger partial charge is 0.230 e. The third kappa shape index (κ3) is 6.08. The van der Waals surface area contributed by atoms with Crippen LogP contribution >= 0.6 is 23.1 Å². The molecular weight excluding hydrogens is 376 g/mol. The van der Waals surface area contributed by atoms with E-state index in [4.69, 9.17) is 0 Å². The molecule has 1 amide bonds. The third-order valence-electron chi connectivity index (χ3n) is 3.98. The Hall–Kier alpha value is -2.38. The fourth-order valence-corrected chi connectivity index (χ4v) is 4.11. The summed E-state index contributed by atoms with van der Waals surface area (Å²) in [6, 6.07) is 18.3. The number of anilines is 2. The zero-order valence-corrected chi connectivity index (χ0v) is 16.9. The predicted molar refractivity (Wildman–Crippen MR) is 113 cm³/mol. The fourth-order valence-electron chi connectivity index (χ4n) is 2.51. The van der Waals surface area contributed by atoms with Gasteiger partial charge in [0.15, 0.2) is 4.34 Å². The van der Waals surface area contributed by atoms with E-state index >= 15 is 0 Å². The Bertz CT molecular complexity index is 882. The van der Waals surface area contributed by atoms with Crippen LogP contribution in [0.1, 0.15) is 24.0 Å². The number of benzene rings is 2. The van der Waals surface area contributed by atoms with E-state index in [-0.39, 0.29) is 11.8 Å². The number of hydrogen-bond donors (Lipinski definition) is 2. The largest absolute Gasteiger partial charge is 0.355 e. The van der Waals surface area contributed by atoms with Crippen LogP contribution in [-0.4, -0.2) is 28.4 Å². The fraction of sp³-hybridized carbons (Fsp3) is 0.250. The van der Waals surface area contributed by atoms with Crippen LogP contribution in [-0.2, 0) is 4.79 Å². The topological polar surface area (TPSA) is 66.9 Å². The van der Waals surface area contributed by atoms with Crippen molar-refractivity contribution < 1.29 is 4.79 Å². The Balaban J connectivity index is 1.43. The van der Waals surface area contributed by atoms with Gasteiger partial charge >= 0.3 is 0 Å². The molecule has 0 bridgehead atoms. The first-order valence-electron chi connectivity index (χ1n) is 8.72. The average molecular weight is 399 g/mol. The summed E-state index contributed by atoms with van der Waals surface area (Å²) in [4.78, 5) is 12.1. The van der Waals surface area contributed by atoms with Crippen LogP contribution in [0.5, 0.6) is 0 Å². The van der Waals surface area contributed by atoms with Crippen molar-refractivity contribution >= 4 is 39.8 Å². The summed E-state index contributed by atoms with van der Waals surface area (Å²) in [5.41, 5.74) is 3.39. The maximum Gasteiger partial charge on any atom is 0.230 e. The number of nitrogens with zero attached hydrogens (tertiary/aromatic N) is 2. The number of thioether (sulfide) groups is 1. The Kier molecular flexibility index (Phi) is 6.84. The Morgan fingerprint density at radius 2 is 1.96 bits per heavy atom. The zero-order chi connectivity index (χ0) is 19.1. The molecule has 0 spiro atoms. The molecule has 1 atom stereocenters. The molecule has 0 unspecified atom stereocenters. The first kappa shape index (κ1) is 19.4. The van der Waals surface area contributed by atoms with Crippen LogP contribution < -0.4 is 10.6 Å². The third-order valence-corrected chi connectivity index (χ3v) is 5.95. The van der Waals surface area contributed by atoms with Gasteiger partial charge in [-0.3, -0.25) is 4.79 Å². The van der Waals surface area contributed by atoms with Gasteiger partial charge in [-0.25, -0.2) is 0 Å². The van der Waals surface area contributed by atoms with Gasteiger partial charge in [-0.1, -0.05) is 72.5 Å². The van der Waals surface area contributed by atoms with Gasteiger partial charge in [0.05, 0.1) is 5.75 Å². The van der Waals surface area contributed by atoms with Crippen molar-refractivity contribution in [2.45, 2.75) is 24.1 Å². The number of nitrogens with one attached hydrogen (secondary N) is 2. The summed E-state index contributed by atoms with van der Waals surface area (Å²) in [7, 11) is 0. The first-order valence-corrected chi connectivity index (χ1v) is 10.5. The minimum Gasteiger partial charge on any atom is -0.355 e. The number of carbonyl (C=O) groups excluding carboxylic acids is 1. The molecule has 27 heavy (non-hydrogen) atoms. The van der Waals surface area contributed by atoms with Gasteiger partial charge in [0.1, 0.15) is 0 Å². The summed E-state index contributed by atoms with van der Waals surface area (Å²) in [6.45, 7) is 4.78. The molecule has 0 saturated carbocycles. The van der Waals surface area contributed by atoms with Crippen molar-refractivity contribution in [2.75, 3.05) is 17.6 Å². The molecule has 7 heteroatoms. The van der Waals surface area contributed by atoms with E-state index in [1.54, 1.807) is 0 Å². The molecule has 0 aliphatic heterocycles. The van der Waals surface area contributed by atoms with Crippen LogP contribution in [0.4, 0.5) is 10.8 Å². The number of amides is 1. The van der Waals surface area contributed by atoms with Crippen LogP contribution in [0.2, 0.25) is 0 Å². The molecule has 0 fully saturated rings. The van der Waals surface area contributed by atoms with Crippen LogP contribution in [0.15, 0.2) is 58.9 Å². The number of aromatic nitrogens is 2. The first-order chi connectivity index (χ1) is 13.1. The molecule has 3 aromatic rings. The van der Waals surface area contributed by atoms with E-state index < -0.39 is 0 Å². The van der Waals surface area contributed by atoms with Crippen molar-refractivity contribution in [1.82, 2.24) is 15.5 Å². The highest BCUT2D eigenvalue weighted by Crippen LogP contribution is 2.27. The van der Waals surface area contributed by atoms with Crippen LogP contribution in [0.3, 0.4) is 0 Å². The van der Waals surface area contributed by atoms with Crippen LogP contribution in [0, 0.1) is 6.92 Å². The Morgan fingerprint density at radius 3 is 2.74 bits per heavy atom. The van der Waals surface area contributed by atoms with Crippen molar-refractivity contribution in [3.8, 4) is 0 Å². The van der Waals surface area contributed by atoms with Crippen molar-refractivity contribution in [3.05, 3.63) is 65.7 Å². The van der Waals surface area contributed by atoms with Crippen molar-refractivity contribution in [2.24, 2.45) is 0 Å². The van der Waals surface area contributed by atoms with E-state index in [2.05, 4.69) is 46.0 Å². The van der Waals surface area contributed by atoms with Gasteiger partial charge in [-0.15, -0.1) is 10.2 Å². The molecule has 3 rings (SSSR count). The second-order valence-electron chi connectivity index (χ2n) is 6.27. The molecule has 0 aliphatic rings. The maximum absolute atomic E-state index is 12.1. The monoisotopic (exact) mass is 398 g/mol. The lowest BCUT2D eigenvalue weighted by Crippen LogP contribution is -2.28. The Labute approximate surface area is 167 Å². The summed E-state index contributed by atoms with van der Waals surface area (Å²) in [6.07, 6.45) is 0. The number of aryl methyl sites for hydroxylation is 1. The highest BCUT2D eigenvalue weighted by molar-refractivity contribution is 8.01. The predicted octanol–water partition coefficient (Wildman–Crippen LogP) is 4.60. The van der Waals surface area contributed by atoms with E-state index in [9.17, 15) is 4.79 Å². The summed E-state index contributed by atoms with van der Waals surface area (Å²) in [5.74, 6) is 0.624. The lowest BCUT2D eigenvalue weighted by Gasteiger charge is -2.12. The minimum atomic E-state index is 0.00572. The SMILES string of the molecule is Cc1cccc(Nc2nnc(SCC(=O)NC[C@@H](C)c3ccccc3)s2)c1. The molecule has 0 radical (unpaired) electrons. The van der Waals surface area contributed by atoms with E-state index in [0.29, 0.717) is 12.3 Å². The van der Waals surface area contributed by atoms with E-state index in [1.165, 1.54) is 34.2 Å². The second-order valence-corrected chi connectivity index (χ2v) is 8.47. The molecule has 1 aromatic heterocycles. The molecule has 5 nitrogen and oxygen atoms in total. The minimum absolute atomic E-state index is 0.00572. The van der Waals surface area contributed by atoms with Gasteiger partial charge in [-0.2, -0.15) is 0 Å². The quantitative estimate of drug-likeness (QED) is 0.543. The molecule has 1 heterocycles. The average Bonchev–Trinajstić information content (AvgIpc) is 3.12. The van der Waals surface area contributed by atoms with Crippen LogP contribution in [0.25, 0.3) is 0 Å². The van der Waals surface area contributed by atoms with Gasteiger partial charge in [0, 0.05) is 12.2 Å². The lowest BCUT2D eigenvalue weighted by atomic mass is 10.0. The summed E-state index contributed by atoms with van der Waals surface area (Å²) < 4.78 is 0.774. The molecule has 140 valence electrons. The molecule has 2 N–H and O–H groups in total. The molecule has 2 aromatic carbocycles. The Morgan fingerprint density at radius 1 is 1.15 bits per heavy atom. The van der Waals surface area contributed by atoms with Crippen molar-refractivity contribution in [3.63, 3.8) is 0 Å². The normalized spacial score (nSPS) is 11.8. The van der Waals surface area contributed by atoms with Gasteiger partial charge < -0.3 is 10.6 Å². The molecule has 0 saturated heterocycles. The van der Waals surface area contributed by atoms with E-state index in [0.717, 1.165) is 15.2 Å². The standard InChI is InChI=1S/C20H22N4OS2/c1-14-7-6-10-17(11-14)22-19-23-24-20(27-19)26-13-18(25)21-12-15(2)16-8-4-3-5-9-16/h3-11,15H,12-13H2,1-2H3,(H,21,25)(H,22,23)/t15-/m1/s1. The van der Waals surface area contributed by atoms with E-state index in [1.807, 2.05) is 43.3 Å². The molecular formula is C20H22N4OS2. The number of hydrogen-bond acceptors (Lipinski definition) is 6. The van der Waals surface area contributed by atoms with Crippen molar-refractivity contribution in [1.29, 1.82) is 0 Å². The zero-order valence-electron chi connectivity index (χ0n) is 15.3. The highest BCUT2D eigenvalue weighted by atomic mass is 32.2. The summed E-state index contributed by atoms with van der Waals surface area (Å²) >= 11 is 2.85. The van der Waals surface area contributed by atoms with Gasteiger partial charge in [0.25, 0.3) is 0 Å². The lowest BCUT2D eigenvalue weighted by molar-refractivity contribution is -0.118. The van der Waals surface area contributed by atoms with Gasteiger partial charge in [-0.05, 0) is 36.1 Å². The summed E-state index contributed by atoms with van der Waals surface area (Å²) in [5, 5.41) is 15.2. The maximum atomic E-state index is 12.1.